The summed E-state index contributed by atoms with van der Waals surface area (Å²) in [6.07, 6.45) is 2.41. The number of esters is 1. The van der Waals surface area contributed by atoms with E-state index in [-0.39, 0.29) is 6.61 Å². The van der Waals surface area contributed by atoms with Crippen LogP contribution in [-0.2, 0) is 14.3 Å². The molecule has 0 fully saturated rings. The first-order valence-electron chi connectivity index (χ1n) is 3.26. The Bertz CT molecular complexity index is 131. The van der Waals surface area contributed by atoms with Gasteiger partial charge < -0.3 is 14.6 Å². The van der Waals surface area contributed by atoms with Crippen LogP contribution in [-0.4, -0.2) is 31.4 Å². The second-order valence-corrected chi connectivity index (χ2v) is 1.49. The van der Waals surface area contributed by atoms with Gasteiger partial charge in [0.1, 0.15) is 6.61 Å². The Morgan fingerprint density at radius 2 is 2.17 bits per heavy atom. The lowest BCUT2D eigenvalue weighted by Gasteiger charge is -1.89. The van der Waals surface area contributed by atoms with Crippen LogP contribution in [0.2, 0.25) is 0 Å². The Labute approximate surface area is 72.1 Å². The largest absolute Gasteiger partial charge is 0.499 e. The van der Waals surface area contributed by atoms with Crippen molar-refractivity contribution in [1.29, 1.82) is 0 Å². The van der Waals surface area contributed by atoms with Crippen molar-refractivity contribution < 1.29 is 19.4 Å². The standard InChI is InChI=1S/C4H6O2.C4H8O2/c1-3-4(5)6-2;1-2-6-4-3-5/h3H,1H2,2H3;2,5H,1,3-4H2. The average Bonchev–Trinajstić information content (AvgIpc) is 2.14. The molecule has 1 N–H and O–H groups in total. The number of aliphatic hydroxyl groups is 1. The van der Waals surface area contributed by atoms with Gasteiger partial charge in [-0.3, -0.25) is 0 Å². The summed E-state index contributed by atoms with van der Waals surface area (Å²) in [5, 5.41) is 8.02. The molecule has 0 saturated carbocycles. The van der Waals surface area contributed by atoms with Gasteiger partial charge in [0.15, 0.2) is 0 Å². The molecule has 70 valence electrons. The lowest BCUT2D eigenvalue weighted by atomic mass is 10.7. The van der Waals surface area contributed by atoms with Crippen LogP contribution in [0.4, 0.5) is 0 Å². The van der Waals surface area contributed by atoms with E-state index < -0.39 is 5.97 Å². The molecule has 0 radical (unpaired) electrons. The Balaban J connectivity index is 0. The van der Waals surface area contributed by atoms with E-state index in [2.05, 4.69) is 22.6 Å². The number of hydrogen-bond donors (Lipinski definition) is 1. The van der Waals surface area contributed by atoms with Gasteiger partial charge in [0.25, 0.3) is 0 Å². The molecule has 4 heteroatoms. The number of carbonyl (C=O) groups is 1. The Morgan fingerprint density at radius 1 is 1.58 bits per heavy atom. The molecule has 0 saturated heterocycles. The van der Waals surface area contributed by atoms with Gasteiger partial charge in [-0.15, -0.1) is 0 Å². The molecular weight excluding hydrogens is 160 g/mol. The summed E-state index contributed by atoms with van der Waals surface area (Å²) in [7, 11) is 1.31. The molecule has 0 atom stereocenters. The third-order valence-electron chi connectivity index (χ3n) is 0.695. The summed E-state index contributed by atoms with van der Waals surface area (Å²) in [5.41, 5.74) is 0. The van der Waals surface area contributed by atoms with E-state index in [0.29, 0.717) is 6.61 Å². The normalized spacial score (nSPS) is 7.17. The molecule has 0 aliphatic carbocycles. The highest BCUT2D eigenvalue weighted by molar-refractivity contribution is 5.80. The van der Waals surface area contributed by atoms with Crippen molar-refractivity contribution in [2.24, 2.45) is 0 Å². The number of hydrogen-bond acceptors (Lipinski definition) is 4. The maximum atomic E-state index is 9.84. The van der Waals surface area contributed by atoms with Gasteiger partial charge in [0.2, 0.25) is 0 Å². The van der Waals surface area contributed by atoms with Crippen LogP contribution < -0.4 is 0 Å². The van der Waals surface area contributed by atoms with Crippen molar-refractivity contribution in [3.8, 4) is 0 Å². The van der Waals surface area contributed by atoms with Crippen LogP contribution in [0.5, 0.6) is 0 Å². The van der Waals surface area contributed by atoms with Crippen molar-refractivity contribution >= 4 is 5.97 Å². The highest BCUT2D eigenvalue weighted by Gasteiger charge is 1.81. The van der Waals surface area contributed by atoms with E-state index >= 15 is 0 Å². The van der Waals surface area contributed by atoms with Gasteiger partial charge in [-0.05, 0) is 0 Å². The molecule has 12 heavy (non-hydrogen) atoms. The maximum Gasteiger partial charge on any atom is 0.329 e. The van der Waals surface area contributed by atoms with E-state index in [4.69, 9.17) is 5.11 Å². The number of rotatable bonds is 4. The molecule has 0 aliphatic rings. The first-order valence-corrected chi connectivity index (χ1v) is 3.26. The fraction of sp³-hybridized carbons (Fsp3) is 0.375. The Kier molecular flexibility index (Phi) is 13.7. The third kappa shape index (κ3) is 15.9. The minimum Gasteiger partial charge on any atom is -0.499 e. The van der Waals surface area contributed by atoms with E-state index in [0.717, 1.165) is 6.08 Å². The van der Waals surface area contributed by atoms with E-state index in [1.807, 2.05) is 0 Å². The van der Waals surface area contributed by atoms with Gasteiger partial charge in [-0.25, -0.2) is 4.79 Å². The van der Waals surface area contributed by atoms with Crippen LogP contribution in [0.3, 0.4) is 0 Å². The first kappa shape index (κ1) is 13.3. The molecule has 4 nitrogen and oxygen atoms in total. The number of methoxy groups -OCH3 is 1. The van der Waals surface area contributed by atoms with E-state index in [1.54, 1.807) is 0 Å². The minimum atomic E-state index is -0.394. The second-order valence-electron chi connectivity index (χ2n) is 1.49. The zero-order valence-corrected chi connectivity index (χ0v) is 7.16. The smallest absolute Gasteiger partial charge is 0.329 e. The Hall–Kier alpha value is -1.29. The quantitative estimate of drug-likeness (QED) is 0.291. The molecule has 0 rings (SSSR count). The molecule has 0 aromatic heterocycles. The fourth-order valence-corrected chi connectivity index (χ4v) is 0.219. The molecule has 0 heterocycles. The molecule has 0 spiro atoms. The molecule has 0 aliphatic heterocycles. The molecule has 0 aromatic rings. The second kappa shape index (κ2) is 12.4. The van der Waals surface area contributed by atoms with Crippen LogP contribution in [0.15, 0.2) is 25.5 Å². The van der Waals surface area contributed by atoms with Crippen molar-refractivity contribution in [1.82, 2.24) is 0 Å². The lowest BCUT2D eigenvalue weighted by molar-refractivity contribution is -0.134. The lowest BCUT2D eigenvalue weighted by Crippen LogP contribution is -1.91. The molecular formula is C8H14O4. The number of carbonyl (C=O) groups excluding carboxylic acids is 1. The highest BCUT2D eigenvalue weighted by atomic mass is 16.5. The Morgan fingerprint density at radius 3 is 2.25 bits per heavy atom. The monoisotopic (exact) mass is 174 g/mol. The zero-order chi connectivity index (χ0) is 9.82. The first-order chi connectivity index (χ1) is 5.72. The van der Waals surface area contributed by atoms with Gasteiger partial charge in [-0.1, -0.05) is 13.2 Å². The summed E-state index contributed by atoms with van der Waals surface area (Å²) in [6.45, 7) is 6.83. The molecule has 0 aromatic carbocycles. The van der Waals surface area contributed by atoms with Crippen molar-refractivity contribution in [2.75, 3.05) is 20.3 Å². The highest BCUT2D eigenvalue weighted by Crippen LogP contribution is 1.68. The number of aliphatic hydroxyl groups excluding tert-OH is 1. The van der Waals surface area contributed by atoms with Crippen LogP contribution in [0, 0.1) is 0 Å². The zero-order valence-electron chi connectivity index (χ0n) is 7.16. The number of ether oxygens (including phenoxy) is 2. The summed E-state index contributed by atoms with van der Waals surface area (Å²) >= 11 is 0. The SMILES string of the molecule is C=CC(=O)OC.C=COCCO. The summed E-state index contributed by atoms with van der Waals surface area (Å²) in [5.74, 6) is -0.394. The van der Waals surface area contributed by atoms with Gasteiger partial charge in [-0.2, -0.15) is 0 Å². The van der Waals surface area contributed by atoms with Crippen molar-refractivity contribution in [3.63, 3.8) is 0 Å². The van der Waals surface area contributed by atoms with Crippen LogP contribution in [0.1, 0.15) is 0 Å². The molecule has 0 bridgehead atoms. The summed E-state index contributed by atoms with van der Waals surface area (Å²) in [6, 6.07) is 0. The van der Waals surface area contributed by atoms with Crippen LogP contribution in [0.25, 0.3) is 0 Å². The van der Waals surface area contributed by atoms with Gasteiger partial charge in [0, 0.05) is 6.08 Å². The van der Waals surface area contributed by atoms with Crippen LogP contribution >= 0.6 is 0 Å². The average molecular weight is 174 g/mol. The van der Waals surface area contributed by atoms with Crippen molar-refractivity contribution in [3.05, 3.63) is 25.5 Å². The minimum absolute atomic E-state index is 0.0615. The fourth-order valence-electron chi connectivity index (χ4n) is 0.219. The predicted molar refractivity (Wildman–Crippen MR) is 45.4 cm³/mol. The topological polar surface area (TPSA) is 55.8 Å². The maximum absolute atomic E-state index is 9.84. The van der Waals surface area contributed by atoms with Gasteiger partial charge in [0.05, 0.1) is 20.0 Å². The molecule has 0 unspecified atom stereocenters. The molecule has 0 amide bonds. The van der Waals surface area contributed by atoms with Crippen molar-refractivity contribution in [2.45, 2.75) is 0 Å². The van der Waals surface area contributed by atoms with E-state index in [9.17, 15) is 4.79 Å². The summed E-state index contributed by atoms with van der Waals surface area (Å²) in [4.78, 5) is 9.84. The van der Waals surface area contributed by atoms with E-state index in [1.165, 1.54) is 13.4 Å². The van der Waals surface area contributed by atoms with Gasteiger partial charge >= 0.3 is 5.97 Å². The third-order valence-corrected chi connectivity index (χ3v) is 0.695. The predicted octanol–water partition coefficient (Wildman–Crippen LogP) is 0.484. The summed E-state index contributed by atoms with van der Waals surface area (Å²) < 4.78 is 8.64.